The average molecular weight is 379 g/mol. The molecule has 0 saturated carbocycles. The molecule has 0 N–H and O–H groups in total. The zero-order valence-electron chi connectivity index (χ0n) is 15.7. The maximum Gasteiger partial charge on any atom is 0.129 e. The summed E-state index contributed by atoms with van der Waals surface area (Å²) in [5, 5.41) is 11.9. The van der Waals surface area contributed by atoms with Crippen LogP contribution >= 0.6 is 0 Å². The molecule has 4 aromatic carbocycles. The molecule has 140 valence electrons. The van der Waals surface area contributed by atoms with E-state index in [0.717, 1.165) is 21.9 Å². The quantitative estimate of drug-likeness (QED) is 0.288. The highest BCUT2D eigenvalue weighted by Crippen LogP contribution is 2.27. The largest absolute Gasteiger partial charge is 0.489 e. The number of ether oxygens (including phenoxy) is 1. The summed E-state index contributed by atoms with van der Waals surface area (Å²) in [6.07, 6.45) is 1.86. The molecule has 0 saturated heterocycles. The summed E-state index contributed by atoms with van der Waals surface area (Å²) in [7, 11) is 0. The van der Waals surface area contributed by atoms with Gasteiger partial charge in [-0.05, 0) is 40.6 Å². The lowest BCUT2D eigenvalue weighted by atomic mass is 9.97. The van der Waals surface area contributed by atoms with E-state index in [4.69, 9.17) is 4.74 Å². The number of rotatable bonds is 5. The Morgan fingerprint density at radius 2 is 1.59 bits per heavy atom. The minimum atomic E-state index is -0.277. The molecular weight excluding hydrogens is 361 g/mol. The van der Waals surface area contributed by atoms with Gasteiger partial charge >= 0.3 is 0 Å². The predicted molar refractivity (Wildman–Crippen MR) is 115 cm³/mol. The van der Waals surface area contributed by atoms with E-state index in [1.165, 1.54) is 6.07 Å². The van der Waals surface area contributed by atoms with Crippen molar-refractivity contribution in [1.29, 1.82) is 5.26 Å². The van der Waals surface area contributed by atoms with E-state index in [2.05, 4.69) is 6.07 Å². The monoisotopic (exact) mass is 379 g/mol. The number of fused-ring (bicyclic) bond motifs is 1. The Bertz CT molecular complexity index is 1210. The van der Waals surface area contributed by atoms with Gasteiger partial charge in [0.1, 0.15) is 18.2 Å². The van der Waals surface area contributed by atoms with Gasteiger partial charge in [-0.1, -0.05) is 72.8 Å². The van der Waals surface area contributed by atoms with Crippen LogP contribution in [-0.4, -0.2) is 0 Å². The highest BCUT2D eigenvalue weighted by atomic mass is 19.1. The Hall–Kier alpha value is -3.90. The molecule has 2 nitrogen and oxygen atoms in total. The topological polar surface area (TPSA) is 33.0 Å². The van der Waals surface area contributed by atoms with Crippen molar-refractivity contribution in [2.45, 2.75) is 6.61 Å². The fraction of sp³-hybridized carbons (Fsp3) is 0.0385. The van der Waals surface area contributed by atoms with Gasteiger partial charge in [-0.15, -0.1) is 0 Å². The van der Waals surface area contributed by atoms with Crippen molar-refractivity contribution < 1.29 is 9.13 Å². The van der Waals surface area contributed by atoms with Crippen LogP contribution in [0.5, 0.6) is 5.75 Å². The van der Waals surface area contributed by atoms with Crippen molar-refractivity contribution in [2.75, 3.05) is 0 Å². The lowest BCUT2D eigenvalue weighted by Crippen LogP contribution is -1.98. The van der Waals surface area contributed by atoms with Crippen molar-refractivity contribution in [3.63, 3.8) is 0 Å². The smallest absolute Gasteiger partial charge is 0.129 e. The Balaban J connectivity index is 1.56. The number of nitrogens with zero attached hydrogens (tertiary/aromatic N) is 1. The summed E-state index contributed by atoms with van der Waals surface area (Å²) >= 11 is 0. The van der Waals surface area contributed by atoms with E-state index in [-0.39, 0.29) is 12.4 Å². The van der Waals surface area contributed by atoms with Crippen molar-refractivity contribution in [1.82, 2.24) is 0 Å². The summed E-state index contributed by atoms with van der Waals surface area (Å²) in [6, 6.07) is 30.3. The second-order valence-electron chi connectivity index (χ2n) is 6.65. The van der Waals surface area contributed by atoms with Crippen LogP contribution in [0.25, 0.3) is 22.4 Å². The highest BCUT2D eigenvalue weighted by molar-refractivity contribution is 6.01. The van der Waals surface area contributed by atoms with E-state index >= 15 is 0 Å². The first-order chi connectivity index (χ1) is 14.2. The standard InChI is InChI=1S/C26H18FNO/c27-26-11-4-2-7-21(26)18-29-23-14-12-19(13-15-23)16-22(17-28)25-10-5-8-20-6-1-3-9-24(20)25/h1-16H,18H2/b22-16-. The Morgan fingerprint density at radius 3 is 2.38 bits per heavy atom. The molecule has 0 radical (unpaired) electrons. The number of hydrogen-bond acceptors (Lipinski definition) is 2. The van der Waals surface area contributed by atoms with Crippen molar-refractivity contribution in [3.8, 4) is 11.8 Å². The molecule has 0 spiro atoms. The highest BCUT2D eigenvalue weighted by Gasteiger charge is 2.06. The van der Waals surface area contributed by atoms with Gasteiger partial charge in [-0.25, -0.2) is 4.39 Å². The van der Waals surface area contributed by atoms with E-state index < -0.39 is 0 Å². The molecule has 0 aliphatic carbocycles. The SMILES string of the molecule is N#C/C(=C/c1ccc(OCc2ccccc2F)cc1)c1cccc2ccccc12. The summed E-state index contributed by atoms with van der Waals surface area (Å²) in [5.74, 6) is 0.370. The van der Waals surface area contributed by atoms with Gasteiger partial charge in [0, 0.05) is 11.1 Å². The third-order valence-electron chi connectivity index (χ3n) is 4.74. The van der Waals surface area contributed by atoms with Crippen molar-refractivity contribution in [2.24, 2.45) is 0 Å². The minimum Gasteiger partial charge on any atom is -0.489 e. The van der Waals surface area contributed by atoms with Gasteiger partial charge in [0.2, 0.25) is 0 Å². The van der Waals surface area contributed by atoms with Gasteiger partial charge in [0.05, 0.1) is 11.6 Å². The molecule has 0 bridgehead atoms. The summed E-state index contributed by atoms with van der Waals surface area (Å²) < 4.78 is 19.4. The Kier molecular flexibility index (Phi) is 5.36. The predicted octanol–water partition coefficient (Wildman–Crippen LogP) is 6.62. The lowest BCUT2D eigenvalue weighted by molar-refractivity contribution is 0.300. The molecule has 0 aliphatic rings. The molecule has 0 aliphatic heterocycles. The maximum atomic E-state index is 13.7. The normalized spacial score (nSPS) is 11.2. The fourth-order valence-electron chi connectivity index (χ4n) is 3.23. The van der Waals surface area contributed by atoms with Crippen LogP contribution in [0.4, 0.5) is 4.39 Å². The van der Waals surface area contributed by atoms with Crippen LogP contribution in [0.3, 0.4) is 0 Å². The molecule has 0 atom stereocenters. The number of allylic oxidation sites excluding steroid dienone is 1. The maximum absolute atomic E-state index is 13.7. The molecule has 0 fully saturated rings. The van der Waals surface area contributed by atoms with Gasteiger partial charge in [-0.3, -0.25) is 0 Å². The molecule has 4 aromatic rings. The molecule has 0 aromatic heterocycles. The second kappa shape index (κ2) is 8.41. The number of nitriles is 1. The fourth-order valence-corrected chi connectivity index (χ4v) is 3.23. The molecule has 4 rings (SSSR count). The summed E-state index contributed by atoms with van der Waals surface area (Å²) in [6.45, 7) is 0.168. The molecule has 0 amide bonds. The molecule has 0 unspecified atom stereocenters. The van der Waals surface area contributed by atoms with Crippen molar-refractivity contribution in [3.05, 3.63) is 114 Å². The first-order valence-electron chi connectivity index (χ1n) is 9.31. The van der Waals surface area contributed by atoms with Crippen LogP contribution in [-0.2, 0) is 6.61 Å². The zero-order chi connectivity index (χ0) is 20.1. The molecule has 0 heterocycles. The van der Waals surface area contributed by atoms with E-state index in [0.29, 0.717) is 16.9 Å². The molecule has 29 heavy (non-hydrogen) atoms. The minimum absolute atomic E-state index is 0.168. The van der Waals surface area contributed by atoms with Crippen LogP contribution in [0, 0.1) is 17.1 Å². The van der Waals surface area contributed by atoms with Crippen LogP contribution in [0.1, 0.15) is 16.7 Å². The summed E-state index contributed by atoms with van der Waals surface area (Å²) in [5.41, 5.74) is 2.92. The second-order valence-corrected chi connectivity index (χ2v) is 6.65. The van der Waals surface area contributed by atoms with Gasteiger partial charge in [0.15, 0.2) is 0 Å². The first-order valence-corrected chi connectivity index (χ1v) is 9.31. The average Bonchev–Trinajstić information content (AvgIpc) is 2.77. The lowest BCUT2D eigenvalue weighted by Gasteiger charge is -2.08. The van der Waals surface area contributed by atoms with Crippen LogP contribution in [0.2, 0.25) is 0 Å². The van der Waals surface area contributed by atoms with Gasteiger partial charge in [-0.2, -0.15) is 5.26 Å². The first kappa shape index (κ1) is 18.5. The third kappa shape index (κ3) is 4.17. The molecule has 3 heteroatoms. The van der Waals surface area contributed by atoms with Crippen LogP contribution in [0.15, 0.2) is 91.0 Å². The van der Waals surface area contributed by atoms with E-state index in [1.54, 1.807) is 18.2 Å². The number of benzene rings is 4. The van der Waals surface area contributed by atoms with Crippen LogP contribution < -0.4 is 4.74 Å². The van der Waals surface area contributed by atoms with Gasteiger partial charge < -0.3 is 4.74 Å². The van der Waals surface area contributed by atoms with E-state index in [9.17, 15) is 9.65 Å². The summed E-state index contributed by atoms with van der Waals surface area (Å²) in [4.78, 5) is 0. The van der Waals surface area contributed by atoms with Crippen molar-refractivity contribution >= 4 is 22.4 Å². The zero-order valence-corrected chi connectivity index (χ0v) is 15.7. The molecular formula is C26H18FNO. The third-order valence-corrected chi connectivity index (χ3v) is 4.74. The van der Waals surface area contributed by atoms with E-state index in [1.807, 2.05) is 72.8 Å². The Labute approximate surface area is 169 Å². The Morgan fingerprint density at radius 1 is 0.862 bits per heavy atom. The number of halogens is 1. The number of hydrogen-bond donors (Lipinski definition) is 0. The van der Waals surface area contributed by atoms with Gasteiger partial charge in [0.25, 0.3) is 0 Å².